The minimum atomic E-state index is -0.770. The minimum Gasteiger partial charge on any atom is -0.481 e. The zero-order valence-corrected chi connectivity index (χ0v) is 11.6. The van der Waals surface area contributed by atoms with Gasteiger partial charge in [-0.25, -0.2) is 4.79 Å². The highest BCUT2D eigenvalue weighted by Crippen LogP contribution is 2.36. The average Bonchev–Trinajstić information content (AvgIpc) is 2.82. The number of carbonyl (C=O) groups excluding carboxylic acids is 2. The van der Waals surface area contributed by atoms with E-state index in [1.807, 2.05) is 0 Å². The van der Waals surface area contributed by atoms with E-state index in [1.165, 1.54) is 11.8 Å². The van der Waals surface area contributed by atoms with Gasteiger partial charge in [-0.05, 0) is 12.8 Å². The van der Waals surface area contributed by atoms with Gasteiger partial charge in [-0.15, -0.1) is 0 Å². The van der Waals surface area contributed by atoms with Gasteiger partial charge in [0, 0.05) is 24.3 Å². The van der Waals surface area contributed by atoms with Crippen LogP contribution in [0.25, 0.3) is 0 Å². The van der Waals surface area contributed by atoms with E-state index in [9.17, 15) is 14.4 Å². The molecule has 0 bridgehead atoms. The number of carbonyl (C=O) groups is 3. The van der Waals surface area contributed by atoms with E-state index in [2.05, 4.69) is 5.32 Å². The van der Waals surface area contributed by atoms with Crippen molar-refractivity contribution < 1.29 is 19.5 Å². The molecule has 2 heterocycles. The second kappa shape index (κ2) is 5.81. The first-order valence-electron chi connectivity index (χ1n) is 6.44. The minimum absolute atomic E-state index is 0.0197. The van der Waals surface area contributed by atoms with Crippen LogP contribution in [0.1, 0.15) is 32.6 Å². The van der Waals surface area contributed by atoms with Gasteiger partial charge in [-0.2, -0.15) is 11.8 Å². The third-order valence-electron chi connectivity index (χ3n) is 3.61. The normalized spacial score (nSPS) is 29.2. The predicted molar refractivity (Wildman–Crippen MR) is 71.0 cm³/mol. The number of hydrogen-bond acceptors (Lipinski definition) is 4. The number of carboxylic acid groups (broad SMARTS) is 1. The summed E-state index contributed by atoms with van der Waals surface area (Å²) in [7, 11) is 0. The summed E-state index contributed by atoms with van der Waals surface area (Å²) in [6, 6.07) is -0.316. The van der Waals surface area contributed by atoms with Gasteiger partial charge in [0.1, 0.15) is 0 Å². The van der Waals surface area contributed by atoms with Crippen molar-refractivity contribution in [2.75, 3.05) is 5.75 Å². The molecular formula is C12H18N2O4S. The van der Waals surface area contributed by atoms with E-state index in [-0.39, 0.29) is 35.7 Å². The number of hydrogen-bond donors (Lipinski definition) is 2. The van der Waals surface area contributed by atoms with Gasteiger partial charge >= 0.3 is 12.0 Å². The molecule has 2 rings (SSSR count). The molecule has 0 aliphatic carbocycles. The van der Waals surface area contributed by atoms with E-state index < -0.39 is 5.97 Å². The summed E-state index contributed by atoms with van der Waals surface area (Å²) in [4.78, 5) is 34.9. The summed E-state index contributed by atoms with van der Waals surface area (Å²) < 4.78 is 0. The molecule has 2 N–H and O–H groups in total. The molecule has 0 aromatic carbocycles. The number of aliphatic carboxylic acids is 1. The molecule has 2 fully saturated rings. The van der Waals surface area contributed by atoms with Crippen molar-refractivity contribution in [3.63, 3.8) is 0 Å². The summed E-state index contributed by atoms with van der Waals surface area (Å²) in [6.45, 7) is 1.41. The molecular weight excluding hydrogens is 268 g/mol. The van der Waals surface area contributed by atoms with Crippen molar-refractivity contribution in [3.05, 3.63) is 0 Å². The zero-order valence-electron chi connectivity index (χ0n) is 10.8. The smallest absolute Gasteiger partial charge is 0.324 e. The number of urea groups is 1. The van der Waals surface area contributed by atoms with Crippen LogP contribution in [0.5, 0.6) is 0 Å². The Morgan fingerprint density at radius 2 is 2.21 bits per heavy atom. The summed E-state index contributed by atoms with van der Waals surface area (Å²) >= 11 is 1.76. The maximum absolute atomic E-state index is 11.7. The van der Waals surface area contributed by atoms with Crippen molar-refractivity contribution in [3.8, 4) is 0 Å². The number of fused-ring (bicyclic) bond motifs is 1. The fourth-order valence-electron chi connectivity index (χ4n) is 2.73. The van der Waals surface area contributed by atoms with E-state index >= 15 is 0 Å². The first-order valence-corrected chi connectivity index (χ1v) is 7.49. The molecule has 0 spiro atoms. The van der Waals surface area contributed by atoms with Gasteiger partial charge < -0.3 is 10.4 Å². The van der Waals surface area contributed by atoms with Gasteiger partial charge in [0.2, 0.25) is 5.91 Å². The molecule has 0 aromatic rings. The number of nitrogens with zero attached hydrogens (tertiary/aromatic N) is 1. The van der Waals surface area contributed by atoms with Crippen LogP contribution in [0.2, 0.25) is 0 Å². The molecule has 0 saturated carbocycles. The Bertz CT molecular complexity index is 401. The first kappa shape index (κ1) is 14.2. The van der Waals surface area contributed by atoms with Gasteiger partial charge in [0.25, 0.3) is 0 Å². The Hall–Kier alpha value is -1.24. The van der Waals surface area contributed by atoms with Crippen LogP contribution in [0.4, 0.5) is 4.79 Å². The Kier molecular flexibility index (Phi) is 4.34. The second-order valence-corrected chi connectivity index (χ2v) is 6.22. The van der Waals surface area contributed by atoms with E-state index in [0.29, 0.717) is 6.42 Å². The summed E-state index contributed by atoms with van der Waals surface area (Å²) in [5, 5.41) is 11.7. The quantitative estimate of drug-likeness (QED) is 0.583. The molecule has 2 saturated heterocycles. The van der Waals surface area contributed by atoms with E-state index in [4.69, 9.17) is 5.11 Å². The van der Waals surface area contributed by atoms with Crippen molar-refractivity contribution in [1.82, 2.24) is 10.2 Å². The van der Waals surface area contributed by atoms with Crippen molar-refractivity contribution in [1.29, 1.82) is 0 Å². The van der Waals surface area contributed by atoms with Gasteiger partial charge in [-0.1, -0.05) is 6.42 Å². The highest BCUT2D eigenvalue weighted by atomic mass is 32.2. The molecule has 3 amide bonds. The number of imide groups is 1. The van der Waals surface area contributed by atoms with Crippen LogP contribution in [0, 0.1) is 0 Å². The highest BCUT2D eigenvalue weighted by Gasteiger charge is 2.49. The Morgan fingerprint density at radius 3 is 2.84 bits per heavy atom. The molecule has 0 unspecified atom stereocenters. The molecule has 6 nitrogen and oxygen atoms in total. The van der Waals surface area contributed by atoms with Crippen molar-refractivity contribution in [2.24, 2.45) is 0 Å². The number of thioether (sulfide) groups is 1. The third kappa shape index (κ3) is 3.02. The van der Waals surface area contributed by atoms with Gasteiger partial charge in [-0.3, -0.25) is 14.5 Å². The van der Waals surface area contributed by atoms with Crippen LogP contribution < -0.4 is 5.32 Å². The second-order valence-electron chi connectivity index (χ2n) is 4.94. The monoisotopic (exact) mass is 286 g/mol. The fraction of sp³-hybridized carbons (Fsp3) is 0.750. The molecule has 2 aliphatic rings. The molecule has 2 aliphatic heterocycles. The lowest BCUT2D eigenvalue weighted by Crippen LogP contribution is -2.40. The van der Waals surface area contributed by atoms with Gasteiger partial charge in [0.05, 0.1) is 12.1 Å². The lowest BCUT2D eigenvalue weighted by Gasteiger charge is -2.18. The van der Waals surface area contributed by atoms with E-state index in [0.717, 1.165) is 18.6 Å². The predicted octanol–water partition coefficient (Wildman–Crippen LogP) is 1.06. The topological polar surface area (TPSA) is 86.7 Å². The van der Waals surface area contributed by atoms with Crippen LogP contribution in [-0.4, -0.2) is 51.0 Å². The number of unbranched alkanes of at least 4 members (excludes halogenated alkanes) is 1. The summed E-state index contributed by atoms with van der Waals surface area (Å²) in [6.07, 6.45) is 2.57. The number of nitrogens with one attached hydrogen (secondary N) is 1. The standard InChI is InChI=1S/C12H18N2O4S/c1-7(15)14-8-6-19-9(11(8)13-12(14)18)4-2-3-5-10(16)17/h8-9,11H,2-6H2,1H3,(H,13,18)(H,16,17)/t8-,9-,11-/m0/s1. The molecule has 0 aromatic heterocycles. The Labute approximate surface area is 115 Å². The number of amides is 3. The van der Waals surface area contributed by atoms with E-state index in [1.54, 1.807) is 11.8 Å². The van der Waals surface area contributed by atoms with Crippen molar-refractivity contribution in [2.45, 2.75) is 49.9 Å². The SMILES string of the molecule is CC(=O)N1C(=O)N[C@@H]2[C@H](CCCCC(=O)O)SC[C@@H]21. The fourth-order valence-corrected chi connectivity index (χ4v) is 4.32. The van der Waals surface area contributed by atoms with Crippen LogP contribution >= 0.6 is 11.8 Å². The van der Waals surface area contributed by atoms with Crippen molar-refractivity contribution >= 4 is 29.7 Å². The number of carboxylic acids is 1. The summed E-state index contributed by atoms with van der Waals surface area (Å²) in [5.74, 6) is -0.210. The largest absolute Gasteiger partial charge is 0.481 e. The maximum atomic E-state index is 11.7. The molecule has 3 atom stereocenters. The Morgan fingerprint density at radius 1 is 1.47 bits per heavy atom. The van der Waals surface area contributed by atoms with Gasteiger partial charge in [0.15, 0.2) is 0 Å². The average molecular weight is 286 g/mol. The lowest BCUT2D eigenvalue weighted by molar-refractivity contribution is -0.137. The highest BCUT2D eigenvalue weighted by molar-refractivity contribution is 8.00. The van der Waals surface area contributed by atoms with Crippen LogP contribution in [0.3, 0.4) is 0 Å². The molecule has 7 heteroatoms. The summed E-state index contributed by atoms with van der Waals surface area (Å²) in [5.41, 5.74) is 0. The molecule has 0 radical (unpaired) electrons. The third-order valence-corrected chi connectivity index (χ3v) is 5.10. The maximum Gasteiger partial charge on any atom is 0.324 e. The van der Waals surface area contributed by atoms with Crippen LogP contribution in [0.15, 0.2) is 0 Å². The lowest BCUT2D eigenvalue weighted by atomic mass is 10.0. The zero-order chi connectivity index (χ0) is 14.0. The number of rotatable bonds is 5. The first-order chi connectivity index (χ1) is 9.00. The molecule has 106 valence electrons. The Balaban J connectivity index is 1.85. The van der Waals surface area contributed by atoms with Crippen LogP contribution in [-0.2, 0) is 9.59 Å². The molecule has 19 heavy (non-hydrogen) atoms.